The summed E-state index contributed by atoms with van der Waals surface area (Å²) in [4.78, 5) is 38.7. The van der Waals surface area contributed by atoms with Crippen LogP contribution in [-0.4, -0.2) is 54.9 Å². The van der Waals surface area contributed by atoms with Gasteiger partial charge in [-0.05, 0) is 61.5 Å². The second-order valence-electron chi connectivity index (χ2n) is 7.04. The van der Waals surface area contributed by atoms with E-state index in [1.165, 1.54) is 7.11 Å². The van der Waals surface area contributed by atoms with Gasteiger partial charge in [0.1, 0.15) is 5.75 Å². The molecule has 1 atom stereocenters. The molecular weight excluding hydrogens is 444 g/mol. The van der Waals surface area contributed by atoms with Crippen LogP contribution in [0.1, 0.15) is 19.4 Å². The van der Waals surface area contributed by atoms with Crippen LogP contribution in [0.2, 0.25) is 0 Å². The zero-order valence-corrected chi connectivity index (χ0v) is 19.5. The van der Waals surface area contributed by atoms with E-state index in [-0.39, 0.29) is 24.2 Å². The number of thioether (sulfide) groups is 1. The van der Waals surface area contributed by atoms with Gasteiger partial charge in [-0.15, -0.1) is 0 Å². The van der Waals surface area contributed by atoms with Crippen molar-refractivity contribution < 1.29 is 28.6 Å². The molecule has 1 aliphatic rings. The number of nitrogens with one attached hydrogen (secondary N) is 1. The number of carbonyl (C=O) groups is 3. The minimum absolute atomic E-state index is 0.0679. The third-order valence-corrected chi connectivity index (χ3v) is 5.63. The van der Waals surface area contributed by atoms with Gasteiger partial charge in [0.25, 0.3) is 17.1 Å². The Bertz CT molecular complexity index is 1040. The van der Waals surface area contributed by atoms with Gasteiger partial charge >= 0.3 is 0 Å². The molecule has 0 saturated carbocycles. The Morgan fingerprint density at radius 3 is 2.61 bits per heavy atom. The number of carbonyl (C=O) groups excluding carboxylic acids is 3. The maximum absolute atomic E-state index is 12.7. The summed E-state index contributed by atoms with van der Waals surface area (Å²) in [7, 11) is 1.54. The summed E-state index contributed by atoms with van der Waals surface area (Å²) in [6, 6.07) is 14.3. The van der Waals surface area contributed by atoms with E-state index in [0.29, 0.717) is 34.3 Å². The molecule has 1 fully saturated rings. The zero-order valence-electron chi connectivity index (χ0n) is 18.7. The molecule has 3 amide bonds. The van der Waals surface area contributed by atoms with Crippen molar-refractivity contribution in [3.63, 3.8) is 0 Å². The maximum atomic E-state index is 12.7. The van der Waals surface area contributed by atoms with Crippen LogP contribution in [0.5, 0.6) is 17.2 Å². The number of hydrogen-bond donors (Lipinski definition) is 1. The second kappa shape index (κ2) is 11.4. The number of benzene rings is 2. The van der Waals surface area contributed by atoms with E-state index >= 15 is 0 Å². The summed E-state index contributed by atoms with van der Waals surface area (Å²) in [6.07, 6.45) is 0.925. The van der Waals surface area contributed by atoms with Gasteiger partial charge in [0.15, 0.2) is 17.6 Å². The summed E-state index contributed by atoms with van der Waals surface area (Å²) in [5.74, 6) is 0.997. The van der Waals surface area contributed by atoms with Crippen molar-refractivity contribution in [3.05, 3.63) is 59.0 Å². The number of imide groups is 1. The van der Waals surface area contributed by atoms with Gasteiger partial charge in [-0.3, -0.25) is 19.3 Å². The SMILES string of the molecule is CCOc1ccc(/C=C2\SC(=O)N(CCNC(=O)C(C)Oc3ccccc3)C2=O)cc1OC. The summed E-state index contributed by atoms with van der Waals surface area (Å²) >= 11 is 0.861. The van der Waals surface area contributed by atoms with Crippen LogP contribution in [0, 0.1) is 0 Å². The topological polar surface area (TPSA) is 94.2 Å². The molecule has 1 saturated heterocycles. The van der Waals surface area contributed by atoms with E-state index in [2.05, 4.69) is 5.32 Å². The highest BCUT2D eigenvalue weighted by Gasteiger charge is 2.34. The van der Waals surface area contributed by atoms with Crippen LogP contribution in [0.3, 0.4) is 0 Å². The standard InChI is InChI=1S/C24H26N2O6S/c1-4-31-19-11-10-17(14-20(19)30-3)15-21-23(28)26(24(29)33-21)13-12-25-22(27)16(2)32-18-8-6-5-7-9-18/h5-11,14-16H,4,12-13H2,1-3H3,(H,25,27)/b21-15-. The van der Waals surface area contributed by atoms with Crippen LogP contribution in [0.4, 0.5) is 4.79 Å². The molecule has 3 rings (SSSR count). The molecule has 2 aromatic carbocycles. The van der Waals surface area contributed by atoms with E-state index in [1.54, 1.807) is 43.3 Å². The number of nitrogens with zero attached hydrogens (tertiary/aromatic N) is 1. The predicted octanol–water partition coefficient (Wildman–Crippen LogP) is 3.71. The van der Waals surface area contributed by atoms with Crippen molar-refractivity contribution in [1.29, 1.82) is 0 Å². The van der Waals surface area contributed by atoms with Crippen molar-refractivity contribution in [2.75, 3.05) is 26.8 Å². The lowest BCUT2D eigenvalue weighted by Crippen LogP contribution is -2.41. The Labute approximate surface area is 196 Å². The van der Waals surface area contributed by atoms with Crippen LogP contribution in [0.15, 0.2) is 53.4 Å². The molecule has 9 heteroatoms. The fourth-order valence-electron chi connectivity index (χ4n) is 3.08. The monoisotopic (exact) mass is 470 g/mol. The van der Waals surface area contributed by atoms with E-state index in [0.717, 1.165) is 16.7 Å². The van der Waals surface area contributed by atoms with Crippen molar-refractivity contribution in [1.82, 2.24) is 10.2 Å². The third-order valence-electron chi connectivity index (χ3n) is 4.72. The molecule has 0 aliphatic carbocycles. The van der Waals surface area contributed by atoms with Crippen molar-refractivity contribution in [2.24, 2.45) is 0 Å². The number of para-hydroxylation sites is 1. The molecule has 33 heavy (non-hydrogen) atoms. The molecular formula is C24H26N2O6S. The molecule has 1 unspecified atom stereocenters. The van der Waals surface area contributed by atoms with E-state index in [9.17, 15) is 14.4 Å². The van der Waals surface area contributed by atoms with Crippen molar-refractivity contribution in [2.45, 2.75) is 20.0 Å². The molecule has 1 N–H and O–H groups in total. The molecule has 8 nitrogen and oxygen atoms in total. The third kappa shape index (κ3) is 6.29. The normalized spacial score (nSPS) is 15.5. The first-order valence-corrected chi connectivity index (χ1v) is 11.3. The van der Waals surface area contributed by atoms with Crippen LogP contribution < -0.4 is 19.5 Å². The second-order valence-corrected chi connectivity index (χ2v) is 8.03. The van der Waals surface area contributed by atoms with E-state index in [1.807, 2.05) is 25.1 Å². The molecule has 0 aromatic heterocycles. The van der Waals surface area contributed by atoms with Gasteiger partial charge in [-0.1, -0.05) is 24.3 Å². The fraction of sp³-hybridized carbons (Fsp3) is 0.292. The van der Waals surface area contributed by atoms with E-state index in [4.69, 9.17) is 14.2 Å². The summed E-state index contributed by atoms with van der Waals surface area (Å²) < 4.78 is 16.4. The van der Waals surface area contributed by atoms with Gasteiger partial charge in [0.05, 0.1) is 18.6 Å². The molecule has 2 aromatic rings. The quantitative estimate of drug-likeness (QED) is 0.529. The highest BCUT2D eigenvalue weighted by atomic mass is 32.2. The van der Waals surface area contributed by atoms with Crippen molar-refractivity contribution >= 4 is 34.9 Å². The smallest absolute Gasteiger partial charge is 0.293 e. The first kappa shape index (κ1) is 24.2. The lowest BCUT2D eigenvalue weighted by Gasteiger charge is -2.16. The maximum Gasteiger partial charge on any atom is 0.293 e. The molecule has 0 bridgehead atoms. The first-order chi connectivity index (χ1) is 15.9. The fourth-order valence-corrected chi connectivity index (χ4v) is 3.95. The number of ether oxygens (including phenoxy) is 3. The summed E-state index contributed by atoms with van der Waals surface area (Å²) in [5.41, 5.74) is 0.709. The average molecular weight is 471 g/mol. The Morgan fingerprint density at radius 1 is 1.15 bits per heavy atom. The number of amides is 3. The van der Waals surface area contributed by atoms with Crippen LogP contribution in [-0.2, 0) is 9.59 Å². The molecule has 174 valence electrons. The number of rotatable bonds is 10. The van der Waals surface area contributed by atoms with Crippen LogP contribution >= 0.6 is 11.8 Å². The van der Waals surface area contributed by atoms with E-state index < -0.39 is 12.0 Å². The Kier molecular flexibility index (Phi) is 8.37. The molecule has 0 radical (unpaired) electrons. The lowest BCUT2D eigenvalue weighted by atomic mass is 10.2. The Balaban J connectivity index is 1.56. The Morgan fingerprint density at radius 2 is 1.91 bits per heavy atom. The molecule has 1 heterocycles. The minimum atomic E-state index is -0.711. The largest absolute Gasteiger partial charge is 0.493 e. The highest BCUT2D eigenvalue weighted by Crippen LogP contribution is 2.34. The van der Waals surface area contributed by atoms with Crippen molar-refractivity contribution in [3.8, 4) is 17.2 Å². The molecule has 0 spiro atoms. The van der Waals surface area contributed by atoms with Gasteiger partial charge in [0, 0.05) is 13.1 Å². The van der Waals surface area contributed by atoms with Gasteiger partial charge in [0.2, 0.25) is 0 Å². The number of hydrogen-bond acceptors (Lipinski definition) is 7. The zero-order chi connectivity index (χ0) is 23.8. The number of methoxy groups -OCH3 is 1. The average Bonchev–Trinajstić information content (AvgIpc) is 3.08. The van der Waals surface area contributed by atoms with Gasteiger partial charge in [-0.2, -0.15) is 0 Å². The van der Waals surface area contributed by atoms with Gasteiger partial charge in [-0.25, -0.2) is 0 Å². The molecule has 1 aliphatic heterocycles. The minimum Gasteiger partial charge on any atom is -0.493 e. The predicted molar refractivity (Wildman–Crippen MR) is 126 cm³/mol. The summed E-state index contributed by atoms with van der Waals surface area (Å²) in [6.45, 7) is 4.21. The highest BCUT2D eigenvalue weighted by molar-refractivity contribution is 8.18. The summed E-state index contributed by atoms with van der Waals surface area (Å²) in [5, 5.41) is 2.32. The van der Waals surface area contributed by atoms with Gasteiger partial charge < -0.3 is 19.5 Å². The first-order valence-electron chi connectivity index (χ1n) is 10.5. The van der Waals surface area contributed by atoms with Crippen LogP contribution in [0.25, 0.3) is 6.08 Å². The Hall–Kier alpha value is -3.46. The lowest BCUT2D eigenvalue weighted by molar-refractivity contribution is -0.128.